The van der Waals surface area contributed by atoms with Gasteiger partial charge in [-0.25, -0.2) is 0 Å². The molecule has 0 spiro atoms. The molecule has 0 saturated heterocycles. The van der Waals surface area contributed by atoms with Gasteiger partial charge in [0.2, 0.25) is 0 Å². The first-order valence-electron chi connectivity index (χ1n) is 39.6. The van der Waals surface area contributed by atoms with E-state index < -0.39 is 0 Å². The molecular weight excluding hydrogens is 1400 g/mol. The molecule has 2 aliphatic heterocycles. The van der Waals surface area contributed by atoms with E-state index in [0.717, 1.165) is 140 Å². The molecule has 0 amide bonds. The molecule has 16 aromatic carbocycles. The first-order valence-corrected chi connectivity index (χ1v) is 40.4. The first kappa shape index (κ1) is 67.2. The zero-order chi connectivity index (χ0) is 76.6. The number of para-hydroxylation sites is 4. The highest BCUT2D eigenvalue weighted by Crippen LogP contribution is 2.54. The van der Waals surface area contributed by atoms with E-state index in [2.05, 4.69) is 412 Å². The maximum atomic E-state index is 10.5. The van der Waals surface area contributed by atoms with E-state index in [1.165, 1.54) is 74.8 Å². The second-order valence-electron chi connectivity index (χ2n) is 33.2. The van der Waals surface area contributed by atoms with Gasteiger partial charge in [0.25, 0.3) is 6.71 Å². The van der Waals surface area contributed by atoms with Crippen molar-refractivity contribution in [1.82, 2.24) is 13.7 Å². The third-order valence-electron chi connectivity index (χ3n) is 24.4. The van der Waals surface area contributed by atoms with E-state index in [1.54, 1.807) is 0 Å². The molecule has 0 fully saturated rings. The van der Waals surface area contributed by atoms with Crippen LogP contribution in [-0.4, -0.2) is 20.4 Å². The molecule has 0 saturated carbocycles. The maximum Gasteiger partial charge on any atom is 0.252 e. The van der Waals surface area contributed by atoms with Gasteiger partial charge in [-0.05, 0) is 206 Å². The van der Waals surface area contributed by atoms with Crippen LogP contribution < -0.4 is 26.2 Å². The fourth-order valence-electron chi connectivity index (χ4n) is 19.0. The molecule has 0 radical (unpaired) electrons. The summed E-state index contributed by atoms with van der Waals surface area (Å²) < 4.78 is 10.0. The van der Waals surface area contributed by atoms with Crippen LogP contribution in [0.15, 0.2) is 340 Å². The summed E-state index contributed by atoms with van der Waals surface area (Å²) in [4.78, 5) is 5.26. The van der Waals surface area contributed by atoms with E-state index in [4.69, 9.17) is 0 Å². The van der Waals surface area contributed by atoms with Gasteiger partial charge in [-0.2, -0.15) is 5.26 Å². The van der Waals surface area contributed by atoms with Crippen LogP contribution in [0.3, 0.4) is 0 Å². The lowest BCUT2D eigenvalue weighted by Gasteiger charge is -2.45. The van der Waals surface area contributed by atoms with Crippen molar-refractivity contribution in [2.45, 2.75) is 59.3 Å². The SMILES string of the molecule is Cc1cc(-c2cccc3c2sc2ccccc23)c(-c2cc3c4c(c2)N(c2ccccc2-c2ccccc2)c2cc(-n5c6ccc(C(C)(C)C)cc6c6cc(C(C)(C)C)ccc65)ccc2B4c2ccc(-n4c5ccccc5c5cc(C#N)ccc54)cc2N3c2ccc(-c3ccccc3)cc2)c(-n2c3ccccc3c3ccccc32)c1. The standard InChI is InChI=1S/C106H77BN6S/c1-65-55-86(82-35-24-34-81-80-33-18-23-40-101(80)114-104(81)82)102(98(56-65)112-91-38-21-15-30-77(91)78-31-16-22-39-92(78)112)70-58-99-103-100(59-70)113(89-36-19-14-29-76(89)69-27-12-9-13-28-69)97-63-75(111-94-53-44-71(105(2,3)4)60-84(94)85-61-72(106(5,6)7)45-54-95(85)111)49-51-88(97)107(103)87-50-48-74(110-90-37-20-17-32-79(90)83-57-66(64-108)41-52-93(83)110)62-96(87)109(99)73-46-42-68(43-47-73)67-25-10-8-11-26-67/h8-63H,1-7H3. The quantitative estimate of drug-likeness (QED) is 0.135. The Hall–Kier alpha value is -13.7. The number of benzene rings is 16. The molecule has 540 valence electrons. The second-order valence-corrected chi connectivity index (χ2v) is 34.2. The number of rotatable bonds is 9. The average molecular weight is 1480 g/mol. The molecule has 22 rings (SSSR count). The second kappa shape index (κ2) is 25.4. The van der Waals surface area contributed by atoms with Crippen LogP contribution in [0.1, 0.15) is 63.8 Å². The Labute approximate surface area is 667 Å². The third-order valence-corrected chi connectivity index (χ3v) is 25.6. The van der Waals surface area contributed by atoms with E-state index in [1.807, 2.05) is 17.4 Å². The van der Waals surface area contributed by atoms with Gasteiger partial charge in [0.05, 0.1) is 56.1 Å². The summed E-state index contributed by atoms with van der Waals surface area (Å²) in [7, 11) is 0. The highest BCUT2D eigenvalue weighted by atomic mass is 32.1. The van der Waals surface area contributed by atoms with Crippen molar-refractivity contribution < 1.29 is 0 Å². The summed E-state index contributed by atoms with van der Waals surface area (Å²) in [6.45, 7) is 15.9. The molecule has 4 aromatic heterocycles. The fraction of sp³-hybridized carbons (Fsp3) is 0.0849. The predicted octanol–water partition coefficient (Wildman–Crippen LogP) is 26.9. The van der Waals surface area contributed by atoms with E-state index >= 15 is 0 Å². The van der Waals surface area contributed by atoms with E-state index in [9.17, 15) is 5.26 Å². The molecule has 20 aromatic rings. The van der Waals surface area contributed by atoms with Crippen LogP contribution in [-0.2, 0) is 10.8 Å². The number of hydrogen-bond donors (Lipinski definition) is 0. The summed E-state index contributed by atoms with van der Waals surface area (Å²) in [6.07, 6.45) is 0. The average Bonchev–Trinajstić information content (AvgIpc) is 0.821. The lowest BCUT2D eigenvalue weighted by Crippen LogP contribution is -2.61. The highest BCUT2D eigenvalue weighted by molar-refractivity contribution is 7.26. The predicted molar refractivity (Wildman–Crippen MR) is 485 cm³/mol. The van der Waals surface area contributed by atoms with E-state index in [0.29, 0.717) is 5.56 Å². The molecule has 0 aliphatic carbocycles. The number of hydrogen-bond acceptors (Lipinski definition) is 4. The Morgan fingerprint density at radius 1 is 0.307 bits per heavy atom. The van der Waals surface area contributed by atoms with E-state index in [-0.39, 0.29) is 17.5 Å². The minimum Gasteiger partial charge on any atom is -0.311 e. The number of fused-ring (bicyclic) bond motifs is 16. The molecule has 0 unspecified atom stereocenters. The molecule has 2 aliphatic rings. The molecule has 0 N–H and O–H groups in total. The van der Waals surface area contributed by atoms with Crippen LogP contribution in [0.25, 0.3) is 147 Å². The van der Waals surface area contributed by atoms with Gasteiger partial charge in [-0.1, -0.05) is 254 Å². The van der Waals surface area contributed by atoms with Crippen molar-refractivity contribution in [1.29, 1.82) is 5.26 Å². The number of anilines is 6. The molecule has 6 heterocycles. The Bertz CT molecular complexity index is 7350. The Morgan fingerprint density at radius 2 is 0.781 bits per heavy atom. The van der Waals surface area contributed by atoms with Crippen molar-refractivity contribution in [3.05, 3.63) is 362 Å². The van der Waals surface area contributed by atoms with Crippen LogP contribution >= 0.6 is 11.3 Å². The number of thiophene rings is 1. The van der Waals surface area contributed by atoms with Gasteiger partial charge in [0.1, 0.15) is 0 Å². The van der Waals surface area contributed by atoms with Crippen molar-refractivity contribution in [3.8, 4) is 67.6 Å². The molecule has 114 heavy (non-hydrogen) atoms. The minimum absolute atomic E-state index is 0.0763. The van der Waals surface area contributed by atoms with Crippen molar-refractivity contribution in [2.75, 3.05) is 9.80 Å². The maximum absolute atomic E-state index is 10.5. The lowest BCUT2D eigenvalue weighted by molar-refractivity contribution is 0.590. The van der Waals surface area contributed by atoms with Gasteiger partial charge < -0.3 is 23.5 Å². The normalized spacial score (nSPS) is 12.8. The van der Waals surface area contributed by atoms with Crippen LogP contribution in [0.4, 0.5) is 34.1 Å². The van der Waals surface area contributed by atoms with Crippen molar-refractivity contribution >= 4 is 154 Å². The molecule has 0 bridgehead atoms. The fourth-order valence-corrected chi connectivity index (χ4v) is 20.3. The number of nitriles is 1. The summed E-state index contributed by atoms with van der Waals surface area (Å²) in [5, 5.41) is 20.0. The van der Waals surface area contributed by atoms with Gasteiger partial charge in [-0.15, -0.1) is 11.3 Å². The Balaban J connectivity index is 0.910. The van der Waals surface area contributed by atoms with Crippen molar-refractivity contribution in [3.63, 3.8) is 0 Å². The monoisotopic (exact) mass is 1480 g/mol. The topological polar surface area (TPSA) is 45.1 Å². The molecular formula is C106H77BN6S. The summed E-state index contributed by atoms with van der Waals surface area (Å²) in [6, 6.07) is 131. The molecule has 0 atom stereocenters. The smallest absolute Gasteiger partial charge is 0.252 e. The third kappa shape index (κ3) is 10.3. The van der Waals surface area contributed by atoms with Crippen LogP contribution in [0.5, 0.6) is 0 Å². The summed E-state index contributed by atoms with van der Waals surface area (Å²) >= 11 is 1.89. The number of aryl methyl sites for hydroxylation is 1. The zero-order valence-corrected chi connectivity index (χ0v) is 65.3. The van der Waals surface area contributed by atoms with Gasteiger partial charge >= 0.3 is 0 Å². The van der Waals surface area contributed by atoms with Crippen molar-refractivity contribution in [2.24, 2.45) is 0 Å². The zero-order valence-electron chi connectivity index (χ0n) is 64.5. The highest BCUT2D eigenvalue weighted by Gasteiger charge is 2.45. The van der Waals surface area contributed by atoms with Gasteiger partial charge in [0, 0.05) is 109 Å². The van der Waals surface area contributed by atoms with Gasteiger partial charge in [-0.3, -0.25) is 0 Å². The van der Waals surface area contributed by atoms with Gasteiger partial charge in [0.15, 0.2) is 0 Å². The Kier molecular flexibility index (Phi) is 15.0. The molecule has 8 heteroatoms. The number of nitrogens with zero attached hydrogens (tertiary/aromatic N) is 6. The Morgan fingerprint density at radius 3 is 1.39 bits per heavy atom. The lowest BCUT2D eigenvalue weighted by atomic mass is 9.33. The van der Waals surface area contributed by atoms with Crippen LogP contribution in [0.2, 0.25) is 0 Å². The van der Waals surface area contributed by atoms with Crippen LogP contribution in [0, 0.1) is 18.3 Å². The number of aromatic nitrogens is 3. The summed E-state index contributed by atoms with van der Waals surface area (Å²) in [5.74, 6) is 0. The first-order chi connectivity index (χ1) is 55.7. The summed E-state index contributed by atoms with van der Waals surface area (Å²) in [5.41, 5.74) is 33.2. The largest absolute Gasteiger partial charge is 0.311 e. The minimum atomic E-state index is -0.295. The molecule has 6 nitrogen and oxygen atoms in total.